The number of nitrogens with two attached hydrogens (primary N) is 2. The van der Waals surface area contributed by atoms with Crippen LogP contribution in [0.15, 0.2) is 0 Å². The first-order valence-corrected chi connectivity index (χ1v) is 4.22. The van der Waals surface area contributed by atoms with Crippen LogP contribution in [0.4, 0.5) is 11.6 Å². The first-order chi connectivity index (χ1) is 5.82. The molecule has 0 aliphatic heterocycles. The maximum atomic E-state index is 5.69. The molecule has 4 N–H and O–H groups in total. The molecule has 0 unspecified atom stereocenters. The second-order valence-corrected chi connectivity index (χ2v) is 4.19. The molecule has 0 bridgehead atoms. The Labute approximate surface area is 78.4 Å². The standard InChI is InChI=1S/C9H16N4/c1-5-6(10)12-8(9(2,3)4)13-7(5)11/h1-4H3,(H4,10,11,12,13). The molecule has 0 fully saturated rings. The van der Waals surface area contributed by atoms with Crippen LogP contribution in [0, 0.1) is 6.92 Å². The van der Waals surface area contributed by atoms with Gasteiger partial charge in [-0.25, -0.2) is 9.97 Å². The largest absolute Gasteiger partial charge is 0.383 e. The van der Waals surface area contributed by atoms with E-state index in [0.717, 1.165) is 5.56 Å². The fourth-order valence-electron chi connectivity index (χ4n) is 0.888. The van der Waals surface area contributed by atoms with E-state index in [1.54, 1.807) is 0 Å². The van der Waals surface area contributed by atoms with E-state index in [9.17, 15) is 0 Å². The quantitative estimate of drug-likeness (QED) is 0.629. The van der Waals surface area contributed by atoms with Gasteiger partial charge in [0.2, 0.25) is 0 Å². The first-order valence-electron chi connectivity index (χ1n) is 4.22. The molecule has 1 heterocycles. The van der Waals surface area contributed by atoms with E-state index in [4.69, 9.17) is 11.5 Å². The van der Waals surface area contributed by atoms with Crippen LogP contribution in [0.1, 0.15) is 32.2 Å². The van der Waals surface area contributed by atoms with Crippen molar-refractivity contribution < 1.29 is 0 Å². The minimum Gasteiger partial charge on any atom is -0.383 e. The van der Waals surface area contributed by atoms with E-state index in [-0.39, 0.29) is 5.41 Å². The summed E-state index contributed by atoms with van der Waals surface area (Å²) in [5, 5.41) is 0. The fourth-order valence-corrected chi connectivity index (χ4v) is 0.888. The highest BCUT2D eigenvalue weighted by Crippen LogP contribution is 2.22. The normalized spacial score (nSPS) is 11.7. The molecule has 0 saturated heterocycles. The van der Waals surface area contributed by atoms with Crippen LogP contribution in [0.5, 0.6) is 0 Å². The number of rotatable bonds is 0. The summed E-state index contributed by atoms with van der Waals surface area (Å²) < 4.78 is 0. The van der Waals surface area contributed by atoms with Crippen LogP contribution in [0.25, 0.3) is 0 Å². The second kappa shape index (κ2) is 2.87. The molecule has 0 saturated carbocycles. The van der Waals surface area contributed by atoms with Gasteiger partial charge < -0.3 is 11.5 Å². The molecule has 0 aliphatic rings. The summed E-state index contributed by atoms with van der Waals surface area (Å²) in [4.78, 5) is 8.38. The molecule has 0 radical (unpaired) electrons. The van der Waals surface area contributed by atoms with Crippen molar-refractivity contribution in [2.45, 2.75) is 33.1 Å². The SMILES string of the molecule is Cc1c(N)nc(C(C)(C)C)nc1N. The maximum absolute atomic E-state index is 5.69. The van der Waals surface area contributed by atoms with Gasteiger partial charge in [-0.05, 0) is 6.92 Å². The highest BCUT2D eigenvalue weighted by molar-refractivity contribution is 5.52. The Bertz CT molecular complexity index is 302. The van der Waals surface area contributed by atoms with Gasteiger partial charge in [0.25, 0.3) is 0 Å². The summed E-state index contributed by atoms with van der Waals surface area (Å²) in [5.41, 5.74) is 12.0. The number of hydrogen-bond acceptors (Lipinski definition) is 4. The molecule has 1 rings (SSSR count). The Morgan fingerprint density at radius 3 is 1.69 bits per heavy atom. The van der Waals surface area contributed by atoms with Crippen molar-refractivity contribution in [3.8, 4) is 0 Å². The van der Waals surface area contributed by atoms with Gasteiger partial charge in [0.15, 0.2) is 0 Å². The molecule has 1 aromatic rings. The lowest BCUT2D eigenvalue weighted by Gasteiger charge is -2.17. The Kier molecular flexibility index (Phi) is 2.15. The van der Waals surface area contributed by atoms with Crippen LogP contribution in [-0.4, -0.2) is 9.97 Å². The molecule has 0 aromatic carbocycles. The molecule has 0 atom stereocenters. The van der Waals surface area contributed by atoms with E-state index in [0.29, 0.717) is 17.5 Å². The molecular weight excluding hydrogens is 164 g/mol. The van der Waals surface area contributed by atoms with Crippen LogP contribution < -0.4 is 11.5 Å². The molecule has 0 aliphatic carbocycles. The van der Waals surface area contributed by atoms with Gasteiger partial charge in [-0.15, -0.1) is 0 Å². The monoisotopic (exact) mass is 180 g/mol. The van der Waals surface area contributed by atoms with Gasteiger partial charge in [-0.1, -0.05) is 20.8 Å². The fraction of sp³-hybridized carbons (Fsp3) is 0.556. The Balaban J connectivity index is 3.29. The van der Waals surface area contributed by atoms with Gasteiger partial charge in [0.1, 0.15) is 17.5 Å². The van der Waals surface area contributed by atoms with Crippen molar-refractivity contribution in [2.75, 3.05) is 11.5 Å². The number of aromatic nitrogens is 2. The summed E-state index contributed by atoms with van der Waals surface area (Å²) in [5.74, 6) is 1.63. The molecule has 4 heteroatoms. The highest BCUT2D eigenvalue weighted by atomic mass is 15.0. The van der Waals surface area contributed by atoms with E-state index in [2.05, 4.69) is 9.97 Å². The Morgan fingerprint density at radius 1 is 1.00 bits per heavy atom. The van der Waals surface area contributed by atoms with Crippen molar-refractivity contribution in [2.24, 2.45) is 0 Å². The van der Waals surface area contributed by atoms with Crippen molar-refractivity contribution in [1.82, 2.24) is 9.97 Å². The lowest BCUT2D eigenvalue weighted by molar-refractivity contribution is 0.547. The van der Waals surface area contributed by atoms with Gasteiger partial charge in [0, 0.05) is 11.0 Å². The zero-order valence-electron chi connectivity index (χ0n) is 8.55. The minimum absolute atomic E-state index is 0.115. The average molecular weight is 180 g/mol. The predicted octanol–water partition coefficient (Wildman–Crippen LogP) is 1.25. The van der Waals surface area contributed by atoms with Crippen molar-refractivity contribution in [3.63, 3.8) is 0 Å². The summed E-state index contributed by atoms with van der Waals surface area (Å²) in [6, 6.07) is 0. The van der Waals surface area contributed by atoms with E-state index < -0.39 is 0 Å². The topological polar surface area (TPSA) is 77.8 Å². The third kappa shape index (κ3) is 1.88. The van der Waals surface area contributed by atoms with Crippen molar-refractivity contribution in [3.05, 3.63) is 11.4 Å². The maximum Gasteiger partial charge on any atom is 0.138 e. The average Bonchev–Trinajstić information content (AvgIpc) is 1.97. The molecule has 13 heavy (non-hydrogen) atoms. The first kappa shape index (κ1) is 9.77. The van der Waals surface area contributed by atoms with Gasteiger partial charge in [-0.3, -0.25) is 0 Å². The molecule has 0 amide bonds. The van der Waals surface area contributed by atoms with E-state index in [1.165, 1.54) is 0 Å². The van der Waals surface area contributed by atoms with Crippen LogP contribution >= 0.6 is 0 Å². The summed E-state index contributed by atoms with van der Waals surface area (Å²) in [7, 11) is 0. The molecule has 72 valence electrons. The van der Waals surface area contributed by atoms with Gasteiger partial charge in [-0.2, -0.15) is 0 Å². The lowest BCUT2D eigenvalue weighted by atomic mass is 9.95. The molecular formula is C9H16N4. The second-order valence-electron chi connectivity index (χ2n) is 4.19. The lowest BCUT2D eigenvalue weighted by Crippen LogP contribution is -2.18. The number of anilines is 2. The molecule has 1 aromatic heterocycles. The summed E-state index contributed by atoms with van der Waals surface area (Å²) in [6.07, 6.45) is 0. The summed E-state index contributed by atoms with van der Waals surface area (Å²) in [6.45, 7) is 7.89. The number of nitrogens with zero attached hydrogens (tertiary/aromatic N) is 2. The van der Waals surface area contributed by atoms with Crippen LogP contribution in [-0.2, 0) is 5.41 Å². The number of hydrogen-bond donors (Lipinski definition) is 2. The number of nitrogen functional groups attached to an aromatic ring is 2. The zero-order valence-corrected chi connectivity index (χ0v) is 8.55. The zero-order chi connectivity index (χ0) is 10.2. The Hall–Kier alpha value is -1.32. The smallest absolute Gasteiger partial charge is 0.138 e. The van der Waals surface area contributed by atoms with Gasteiger partial charge in [0.05, 0.1) is 0 Å². The predicted molar refractivity (Wildman–Crippen MR) is 54.3 cm³/mol. The Morgan fingerprint density at radius 2 is 1.38 bits per heavy atom. The minimum atomic E-state index is -0.115. The van der Waals surface area contributed by atoms with Crippen LogP contribution in [0.3, 0.4) is 0 Å². The molecule has 4 nitrogen and oxygen atoms in total. The molecule has 0 spiro atoms. The van der Waals surface area contributed by atoms with Gasteiger partial charge >= 0.3 is 0 Å². The highest BCUT2D eigenvalue weighted by Gasteiger charge is 2.19. The third-order valence-corrected chi connectivity index (χ3v) is 1.89. The van der Waals surface area contributed by atoms with E-state index in [1.807, 2.05) is 27.7 Å². The summed E-state index contributed by atoms with van der Waals surface area (Å²) >= 11 is 0. The van der Waals surface area contributed by atoms with E-state index >= 15 is 0 Å². The van der Waals surface area contributed by atoms with Crippen LogP contribution in [0.2, 0.25) is 0 Å². The van der Waals surface area contributed by atoms with Crippen molar-refractivity contribution in [1.29, 1.82) is 0 Å². The third-order valence-electron chi connectivity index (χ3n) is 1.89. The van der Waals surface area contributed by atoms with Crippen molar-refractivity contribution >= 4 is 11.6 Å².